The van der Waals surface area contributed by atoms with Crippen molar-refractivity contribution in [2.45, 2.75) is 77.1 Å². The first kappa shape index (κ1) is 22.1. The molecule has 1 aliphatic heterocycles. The van der Waals surface area contributed by atoms with Crippen LogP contribution in [0.15, 0.2) is 42.5 Å². The topological polar surface area (TPSA) is 9.23 Å². The molecular weight excluding hydrogens is 381 g/mol. The van der Waals surface area contributed by atoms with Gasteiger partial charge in [0.1, 0.15) is 0 Å². The van der Waals surface area contributed by atoms with E-state index in [1.54, 1.807) is 0 Å². The summed E-state index contributed by atoms with van der Waals surface area (Å²) in [5.41, 5.74) is 1.47. The SMILES string of the molecule is C[C@@H]1C=CC[Si]([Si](C)(C)C)([Si](C)(C)C)[C@]1(O[Si](C)(C)C)c1ccccc1. The van der Waals surface area contributed by atoms with Gasteiger partial charge < -0.3 is 4.43 Å². The molecule has 1 heterocycles. The highest BCUT2D eigenvalue weighted by Crippen LogP contribution is 2.55. The van der Waals surface area contributed by atoms with Crippen LogP contribution < -0.4 is 0 Å². The molecule has 0 aliphatic carbocycles. The molecule has 1 aromatic carbocycles. The molecule has 1 aliphatic rings. The first-order valence-electron chi connectivity index (χ1n) is 10.1. The van der Waals surface area contributed by atoms with E-state index in [0.717, 1.165) is 0 Å². The fourth-order valence-electron chi connectivity index (χ4n) is 5.89. The van der Waals surface area contributed by atoms with Crippen LogP contribution in [0.5, 0.6) is 0 Å². The second kappa shape index (κ2) is 6.99. The molecule has 0 saturated heterocycles. The van der Waals surface area contributed by atoms with Crippen molar-refractivity contribution in [2.75, 3.05) is 0 Å². The summed E-state index contributed by atoms with van der Waals surface area (Å²) < 4.78 is 7.45. The van der Waals surface area contributed by atoms with Crippen LogP contribution in [-0.4, -0.2) is 30.6 Å². The zero-order valence-corrected chi connectivity index (χ0v) is 22.7. The number of rotatable bonds is 5. The molecule has 1 nitrogen and oxygen atoms in total. The second-order valence-corrected chi connectivity index (χ2v) is 43.2. The van der Waals surface area contributed by atoms with Gasteiger partial charge in [-0.2, -0.15) is 0 Å². The van der Waals surface area contributed by atoms with Crippen molar-refractivity contribution in [1.29, 1.82) is 0 Å². The molecule has 0 bridgehead atoms. The Morgan fingerprint density at radius 2 is 1.38 bits per heavy atom. The minimum absolute atomic E-state index is 0.0670. The maximum absolute atomic E-state index is 7.45. The Hall–Kier alpha value is -0.212. The lowest BCUT2D eigenvalue weighted by Crippen LogP contribution is -2.84. The van der Waals surface area contributed by atoms with Crippen molar-refractivity contribution < 1.29 is 4.43 Å². The lowest BCUT2D eigenvalue weighted by Gasteiger charge is -2.65. The minimum Gasteiger partial charge on any atom is -0.411 e. The van der Waals surface area contributed by atoms with E-state index in [-0.39, 0.29) is 5.22 Å². The van der Waals surface area contributed by atoms with E-state index >= 15 is 0 Å². The highest BCUT2D eigenvalue weighted by Gasteiger charge is 2.69. The molecule has 0 unspecified atom stereocenters. The quantitative estimate of drug-likeness (QED) is 0.377. The molecule has 0 fully saturated rings. The Morgan fingerprint density at radius 3 is 1.81 bits per heavy atom. The Morgan fingerprint density at radius 1 is 0.885 bits per heavy atom. The summed E-state index contributed by atoms with van der Waals surface area (Å²) >= 11 is 0. The molecule has 1 aromatic rings. The largest absolute Gasteiger partial charge is 0.411 e. The van der Waals surface area contributed by atoms with E-state index in [2.05, 4.69) is 108 Å². The van der Waals surface area contributed by atoms with Crippen molar-refractivity contribution in [2.24, 2.45) is 5.92 Å². The van der Waals surface area contributed by atoms with Crippen LogP contribution >= 0.6 is 0 Å². The average molecular weight is 421 g/mol. The van der Waals surface area contributed by atoms with E-state index < -0.39 is 30.6 Å². The Kier molecular flexibility index (Phi) is 5.94. The molecular formula is C21H40OSi4. The van der Waals surface area contributed by atoms with E-state index in [4.69, 9.17) is 4.43 Å². The Bertz CT molecular complexity index is 635. The highest BCUT2D eigenvalue weighted by atomic mass is 29.6. The van der Waals surface area contributed by atoms with E-state index in [9.17, 15) is 0 Å². The first-order valence-corrected chi connectivity index (χ1v) is 24.7. The van der Waals surface area contributed by atoms with Crippen LogP contribution in [0.3, 0.4) is 0 Å². The van der Waals surface area contributed by atoms with Crippen LogP contribution in [0, 0.1) is 5.92 Å². The third-order valence-corrected chi connectivity index (χ3v) is 47.9. The smallest absolute Gasteiger partial charge is 0.184 e. The van der Waals surface area contributed by atoms with Gasteiger partial charge in [-0.15, -0.1) is 0 Å². The van der Waals surface area contributed by atoms with Gasteiger partial charge in [-0.1, -0.05) is 88.7 Å². The van der Waals surface area contributed by atoms with Gasteiger partial charge in [0.25, 0.3) is 0 Å². The Balaban J connectivity index is 2.97. The molecule has 0 aromatic heterocycles. The van der Waals surface area contributed by atoms with Crippen LogP contribution in [0.2, 0.25) is 65.0 Å². The summed E-state index contributed by atoms with van der Waals surface area (Å²) in [6.07, 6.45) is 5.01. The first-order chi connectivity index (χ1) is 11.7. The summed E-state index contributed by atoms with van der Waals surface area (Å²) in [7, 11) is -6.43. The summed E-state index contributed by atoms with van der Waals surface area (Å²) in [5.74, 6) is 0.454. The summed E-state index contributed by atoms with van der Waals surface area (Å²) in [5, 5.41) is -0.0670. The van der Waals surface area contributed by atoms with Crippen LogP contribution in [-0.2, 0) is 9.65 Å². The predicted molar refractivity (Wildman–Crippen MR) is 128 cm³/mol. The molecule has 2 rings (SSSR count). The standard InChI is InChI=1S/C21H40OSi4/c1-19-15-14-18-26(24(5,6)7,25(8,9)10)21(19,22-23(2,3)4)20-16-12-11-13-17-20/h11-17,19H,18H2,1-10H3/t19-,21+/m1/s1. The summed E-state index contributed by atoms with van der Waals surface area (Å²) in [6.45, 7) is 25.5. The highest BCUT2D eigenvalue weighted by molar-refractivity contribution is 7.69. The molecule has 146 valence electrons. The van der Waals surface area contributed by atoms with Crippen LogP contribution in [0.4, 0.5) is 0 Å². The van der Waals surface area contributed by atoms with Gasteiger partial charge in [0.15, 0.2) is 8.32 Å². The zero-order valence-electron chi connectivity index (χ0n) is 18.7. The Labute approximate surface area is 166 Å². The molecule has 26 heavy (non-hydrogen) atoms. The van der Waals surface area contributed by atoms with Gasteiger partial charge in [0.2, 0.25) is 0 Å². The number of hydrogen-bond acceptors (Lipinski definition) is 1. The lowest BCUT2D eigenvalue weighted by atomic mass is 9.95. The van der Waals surface area contributed by atoms with Gasteiger partial charge >= 0.3 is 0 Å². The summed E-state index contributed by atoms with van der Waals surface area (Å²) in [6, 6.07) is 12.7. The van der Waals surface area contributed by atoms with Crippen molar-refractivity contribution in [1.82, 2.24) is 0 Å². The zero-order chi connectivity index (χ0) is 20.0. The number of hydrogen-bond donors (Lipinski definition) is 0. The summed E-state index contributed by atoms with van der Waals surface area (Å²) in [4.78, 5) is 0. The maximum Gasteiger partial charge on any atom is 0.184 e. The van der Waals surface area contributed by atoms with E-state index in [1.165, 1.54) is 11.6 Å². The fraction of sp³-hybridized carbons (Fsp3) is 0.619. The van der Waals surface area contributed by atoms with Crippen molar-refractivity contribution in [3.05, 3.63) is 48.0 Å². The van der Waals surface area contributed by atoms with Crippen LogP contribution in [0.1, 0.15) is 12.5 Å². The monoisotopic (exact) mass is 420 g/mol. The molecule has 2 atom stereocenters. The van der Waals surface area contributed by atoms with E-state index in [1.807, 2.05) is 0 Å². The van der Waals surface area contributed by atoms with Crippen LogP contribution in [0.25, 0.3) is 0 Å². The van der Waals surface area contributed by atoms with Crippen molar-refractivity contribution in [3.8, 4) is 0 Å². The lowest BCUT2D eigenvalue weighted by molar-refractivity contribution is 0.0981. The molecule has 0 saturated carbocycles. The normalized spacial score (nSPS) is 26.8. The van der Waals surface area contributed by atoms with Crippen molar-refractivity contribution in [3.63, 3.8) is 0 Å². The molecule has 0 spiro atoms. The molecule has 0 amide bonds. The van der Waals surface area contributed by atoms with E-state index in [0.29, 0.717) is 5.92 Å². The van der Waals surface area contributed by atoms with Crippen molar-refractivity contribution >= 4 is 30.6 Å². The molecule has 5 heteroatoms. The van der Waals surface area contributed by atoms with Gasteiger partial charge in [-0.25, -0.2) is 0 Å². The number of benzene rings is 1. The van der Waals surface area contributed by atoms with Gasteiger partial charge in [0.05, 0.1) is 12.3 Å². The predicted octanol–water partition coefficient (Wildman–Crippen LogP) is 6.76. The average Bonchev–Trinajstić information content (AvgIpc) is 2.46. The van der Waals surface area contributed by atoms with Gasteiger partial charge in [-0.3, -0.25) is 0 Å². The molecule has 0 radical (unpaired) electrons. The number of allylic oxidation sites excluding steroid dienone is 1. The third kappa shape index (κ3) is 3.46. The maximum atomic E-state index is 7.45. The fourth-order valence-corrected chi connectivity index (χ4v) is 58.0. The third-order valence-electron chi connectivity index (χ3n) is 6.35. The van der Waals surface area contributed by atoms with Gasteiger partial charge in [-0.05, 0) is 31.2 Å². The minimum atomic E-state index is -1.78. The van der Waals surface area contributed by atoms with Gasteiger partial charge in [0, 0.05) is 21.1 Å². The second-order valence-electron chi connectivity index (χ2n) is 11.1. The molecule has 0 N–H and O–H groups in total.